The maximum absolute atomic E-state index is 12.5. The number of carbonyl (C=O) groups is 1. The van der Waals surface area contributed by atoms with Gasteiger partial charge in [-0.25, -0.2) is 0 Å². The standard InChI is InChI=1S/C25H33NO2/c1-3-4-5-6-7-8-9-18-28-24-16-10-21(11-17-24)19-20(2)25(27)22-12-14-23(26)15-13-22/h10-17,19H,3-9,18,26H2,1-2H3/b20-19+. The number of Topliss-reactive ketones (excluding diaryl/α,β-unsaturated/α-hetero) is 1. The van der Waals surface area contributed by atoms with Crippen LogP contribution in [0.5, 0.6) is 5.75 Å². The van der Waals surface area contributed by atoms with Gasteiger partial charge in [0.2, 0.25) is 0 Å². The zero-order valence-corrected chi connectivity index (χ0v) is 17.2. The number of carbonyl (C=O) groups excluding carboxylic acids is 1. The molecule has 0 unspecified atom stereocenters. The molecule has 0 aliphatic carbocycles. The number of hydrogen-bond donors (Lipinski definition) is 1. The van der Waals surface area contributed by atoms with E-state index in [2.05, 4.69) is 6.92 Å². The lowest BCUT2D eigenvalue weighted by molar-refractivity contribution is 0.103. The summed E-state index contributed by atoms with van der Waals surface area (Å²) in [6.07, 6.45) is 10.9. The van der Waals surface area contributed by atoms with Gasteiger partial charge in [0.25, 0.3) is 0 Å². The molecule has 2 aromatic carbocycles. The third-order valence-corrected chi connectivity index (χ3v) is 4.81. The van der Waals surface area contributed by atoms with Gasteiger partial charge in [-0.2, -0.15) is 0 Å². The molecule has 2 aromatic rings. The predicted octanol–water partition coefficient (Wildman–Crippen LogP) is 6.68. The smallest absolute Gasteiger partial charge is 0.188 e. The van der Waals surface area contributed by atoms with Crippen LogP contribution in [-0.4, -0.2) is 12.4 Å². The zero-order chi connectivity index (χ0) is 20.2. The molecule has 0 saturated carbocycles. The quantitative estimate of drug-likeness (QED) is 0.193. The molecule has 0 aromatic heterocycles. The molecule has 2 N–H and O–H groups in total. The fourth-order valence-electron chi connectivity index (χ4n) is 3.09. The minimum absolute atomic E-state index is 0.0132. The van der Waals surface area contributed by atoms with E-state index in [0.29, 0.717) is 16.8 Å². The number of hydrogen-bond acceptors (Lipinski definition) is 3. The summed E-state index contributed by atoms with van der Waals surface area (Å²) < 4.78 is 5.82. The van der Waals surface area contributed by atoms with Crippen molar-refractivity contribution in [3.8, 4) is 5.75 Å². The first-order valence-electron chi connectivity index (χ1n) is 10.4. The van der Waals surface area contributed by atoms with E-state index < -0.39 is 0 Å². The Kier molecular flexibility index (Phi) is 9.33. The second-order valence-electron chi connectivity index (χ2n) is 7.32. The minimum Gasteiger partial charge on any atom is -0.494 e. The lowest BCUT2D eigenvalue weighted by Crippen LogP contribution is -2.01. The molecule has 150 valence electrons. The van der Waals surface area contributed by atoms with Crippen LogP contribution >= 0.6 is 0 Å². The van der Waals surface area contributed by atoms with Gasteiger partial charge in [-0.05, 0) is 67.0 Å². The highest BCUT2D eigenvalue weighted by Gasteiger charge is 2.08. The van der Waals surface area contributed by atoms with Crippen molar-refractivity contribution in [3.63, 3.8) is 0 Å². The number of ether oxygens (including phenoxy) is 1. The Hall–Kier alpha value is -2.55. The summed E-state index contributed by atoms with van der Waals surface area (Å²) in [5.74, 6) is 0.893. The van der Waals surface area contributed by atoms with Gasteiger partial charge in [0.15, 0.2) is 5.78 Å². The van der Waals surface area contributed by atoms with Crippen molar-refractivity contribution in [3.05, 3.63) is 65.2 Å². The molecule has 0 radical (unpaired) electrons. The number of allylic oxidation sites excluding steroid dienone is 1. The highest BCUT2D eigenvalue weighted by atomic mass is 16.5. The van der Waals surface area contributed by atoms with Crippen molar-refractivity contribution < 1.29 is 9.53 Å². The van der Waals surface area contributed by atoms with Crippen LogP contribution in [0.1, 0.15) is 74.7 Å². The van der Waals surface area contributed by atoms with Crippen LogP contribution < -0.4 is 10.5 Å². The molecule has 3 heteroatoms. The molecule has 0 aliphatic heterocycles. The first kappa shape index (κ1) is 21.7. The number of rotatable bonds is 12. The lowest BCUT2D eigenvalue weighted by Gasteiger charge is -2.07. The van der Waals surface area contributed by atoms with Gasteiger partial charge in [0.1, 0.15) is 5.75 Å². The number of benzene rings is 2. The summed E-state index contributed by atoms with van der Waals surface area (Å²) in [7, 11) is 0. The maximum Gasteiger partial charge on any atom is 0.188 e. The van der Waals surface area contributed by atoms with E-state index in [-0.39, 0.29) is 5.78 Å². The van der Waals surface area contributed by atoms with Crippen LogP contribution in [0.2, 0.25) is 0 Å². The van der Waals surface area contributed by atoms with E-state index in [1.807, 2.05) is 37.3 Å². The first-order valence-corrected chi connectivity index (χ1v) is 10.4. The Morgan fingerprint density at radius 1 is 0.893 bits per heavy atom. The van der Waals surface area contributed by atoms with E-state index in [1.165, 1.54) is 38.5 Å². The lowest BCUT2D eigenvalue weighted by atomic mass is 10.0. The Labute approximate surface area is 169 Å². The van der Waals surface area contributed by atoms with Crippen molar-refractivity contribution in [1.29, 1.82) is 0 Å². The van der Waals surface area contributed by atoms with Gasteiger partial charge in [0.05, 0.1) is 6.61 Å². The van der Waals surface area contributed by atoms with Crippen LogP contribution in [0.15, 0.2) is 54.1 Å². The van der Waals surface area contributed by atoms with Crippen molar-refractivity contribution in [2.45, 2.75) is 58.8 Å². The largest absolute Gasteiger partial charge is 0.494 e. The Morgan fingerprint density at radius 2 is 1.50 bits per heavy atom. The van der Waals surface area contributed by atoms with E-state index in [9.17, 15) is 4.79 Å². The number of unbranched alkanes of at least 4 members (excludes halogenated alkanes) is 6. The van der Waals surface area contributed by atoms with E-state index in [1.54, 1.807) is 24.3 Å². The Morgan fingerprint density at radius 3 is 2.14 bits per heavy atom. The SMILES string of the molecule is CCCCCCCCCOc1ccc(/C=C(\C)C(=O)c2ccc(N)cc2)cc1. The summed E-state index contributed by atoms with van der Waals surface area (Å²) in [4.78, 5) is 12.5. The van der Waals surface area contributed by atoms with Crippen LogP contribution in [0, 0.1) is 0 Å². The van der Waals surface area contributed by atoms with Crippen LogP contribution in [-0.2, 0) is 0 Å². The molecular weight excluding hydrogens is 346 g/mol. The van der Waals surface area contributed by atoms with Crippen molar-refractivity contribution in [2.75, 3.05) is 12.3 Å². The molecule has 0 aliphatic rings. The number of ketones is 1. The van der Waals surface area contributed by atoms with Crippen LogP contribution in [0.25, 0.3) is 6.08 Å². The summed E-state index contributed by atoms with van der Waals surface area (Å²) >= 11 is 0. The van der Waals surface area contributed by atoms with E-state index in [4.69, 9.17) is 10.5 Å². The summed E-state index contributed by atoms with van der Waals surface area (Å²) in [6.45, 7) is 4.84. The second-order valence-corrected chi connectivity index (χ2v) is 7.32. The number of nitrogens with two attached hydrogens (primary N) is 1. The average molecular weight is 380 g/mol. The highest BCUT2D eigenvalue weighted by Crippen LogP contribution is 2.18. The zero-order valence-electron chi connectivity index (χ0n) is 17.2. The van der Waals surface area contributed by atoms with Gasteiger partial charge in [-0.1, -0.05) is 57.6 Å². The molecule has 0 spiro atoms. The number of nitrogen functional groups attached to an aromatic ring is 1. The van der Waals surface area contributed by atoms with E-state index >= 15 is 0 Å². The maximum atomic E-state index is 12.5. The fourth-order valence-corrected chi connectivity index (χ4v) is 3.09. The molecule has 3 nitrogen and oxygen atoms in total. The molecule has 0 saturated heterocycles. The molecule has 2 rings (SSSR count). The molecule has 0 fully saturated rings. The van der Waals surface area contributed by atoms with Gasteiger partial charge in [-0.15, -0.1) is 0 Å². The number of anilines is 1. The van der Waals surface area contributed by atoms with E-state index in [0.717, 1.165) is 24.3 Å². The van der Waals surface area contributed by atoms with Crippen LogP contribution in [0.3, 0.4) is 0 Å². The minimum atomic E-state index is 0.0132. The normalized spacial score (nSPS) is 11.4. The molecule has 0 amide bonds. The summed E-state index contributed by atoms with van der Waals surface area (Å²) in [5, 5.41) is 0. The fraction of sp³-hybridized carbons (Fsp3) is 0.400. The highest BCUT2D eigenvalue weighted by molar-refractivity contribution is 6.11. The Bertz CT molecular complexity index is 745. The third-order valence-electron chi connectivity index (χ3n) is 4.81. The first-order chi connectivity index (χ1) is 13.6. The topological polar surface area (TPSA) is 52.3 Å². The van der Waals surface area contributed by atoms with Crippen LogP contribution in [0.4, 0.5) is 5.69 Å². The van der Waals surface area contributed by atoms with Crippen molar-refractivity contribution >= 4 is 17.5 Å². The van der Waals surface area contributed by atoms with Crippen molar-refractivity contribution in [1.82, 2.24) is 0 Å². The molecule has 28 heavy (non-hydrogen) atoms. The molecule has 0 atom stereocenters. The molecular formula is C25H33NO2. The van der Waals surface area contributed by atoms with Gasteiger partial charge in [-0.3, -0.25) is 4.79 Å². The second kappa shape index (κ2) is 12.0. The van der Waals surface area contributed by atoms with Gasteiger partial charge in [0, 0.05) is 11.3 Å². The van der Waals surface area contributed by atoms with Gasteiger partial charge < -0.3 is 10.5 Å². The molecule has 0 heterocycles. The average Bonchev–Trinajstić information content (AvgIpc) is 2.71. The van der Waals surface area contributed by atoms with Gasteiger partial charge >= 0.3 is 0 Å². The monoisotopic (exact) mass is 379 g/mol. The Balaban J connectivity index is 1.77. The summed E-state index contributed by atoms with van der Waals surface area (Å²) in [6, 6.07) is 14.9. The third kappa shape index (κ3) is 7.59. The predicted molar refractivity (Wildman–Crippen MR) is 119 cm³/mol. The van der Waals surface area contributed by atoms with Crippen molar-refractivity contribution in [2.24, 2.45) is 0 Å². The summed E-state index contributed by atoms with van der Waals surface area (Å²) in [5.41, 5.74) is 8.67. The molecule has 0 bridgehead atoms.